The van der Waals surface area contributed by atoms with Crippen molar-refractivity contribution < 1.29 is 0 Å². The van der Waals surface area contributed by atoms with Gasteiger partial charge in [-0.2, -0.15) is 0 Å². The molecule has 2 heteroatoms. The van der Waals surface area contributed by atoms with Gasteiger partial charge < -0.3 is 9.13 Å². The SMILES string of the molecule is c1ccc(-c2ccc(-n3c4cc(-c5ccccc5)ccc4c4c5c6cc(-c7ccccc7)ccc6n(-c6ccc(-c7ccc8ccccc8c7)cc6)c5ccc43)cc2)cc1. The second-order valence-corrected chi connectivity index (χ2v) is 15.7. The van der Waals surface area contributed by atoms with Gasteiger partial charge in [0.25, 0.3) is 0 Å². The number of fused-ring (bicyclic) bond motifs is 8. The maximum absolute atomic E-state index is 2.47. The first-order valence-electron chi connectivity index (χ1n) is 20.7. The van der Waals surface area contributed by atoms with Gasteiger partial charge in [-0.3, -0.25) is 0 Å². The molecule has 0 spiro atoms. The topological polar surface area (TPSA) is 9.86 Å². The Balaban J connectivity index is 1.12. The Morgan fingerprint density at radius 3 is 1.23 bits per heavy atom. The van der Waals surface area contributed by atoms with Crippen LogP contribution >= 0.6 is 0 Å². The molecule has 0 radical (unpaired) electrons. The molecule has 0 amide bonds. The Morgan fingerprint density at radius 1 is 0.217 bits per heavy atom. The smallest absolute Gasteiger partial charge is 0.0548 e. The molecule has 0 aliphatic carbocycles. The second kappa shape index (κ2) is 13.9. The normalized spacial score (nSPS) is 11.7. The highest BCUT2D eigenvalue weighted by molar-refractivity contribution is 6.29. The standard InChI is InChI=1S/C58H38N2/c1-4-12-39(13-5-1)43-22-28-50(29-23-43)60-54-34-35-55-58(57(54)51-32-26-48(38-56(51)60)41-16-8-3-9-17-41)52-37-47(40-14-6-2-7-15-40)27-33-53(52)59(55)49-30-24-44(25-31-49)46-21-20-42-18-10-11-19-45(42)36-46/h1-38H. The van der Waals surface area contributed by atoms with E-state index in [2.05, 4.69) is 240 Å². The van der Waals surface area contributed by atoms with Gasteiger partial charge in [0.15, 0.2) is 0 Å². The van der Waals surface area contributed by atoms with Gasteiger partial charge in [0.1, 0.15) is 0 Å². The minimum atomic E-state index is 1.14. The summed E-state index contributed by atoms with van der Waals surface area (Å²) in [4.78, 5) is 0. The number of aromatic nitrogens is 2. The Bertz CT molecular complexity index is 3540. The van der Waals surface area contributed by atoms with Gasteiger partial charge in [-0.1, -0.05) is 170 Å². The molecule has 280 valence electrons. The molecule has 0 fully saturated rings. The zero-order valence-electron chi connectivity index (χ0n) is 32.8. The first kappa shape index (κ1) is 34.1. The van der Waals surface area contributed by atoms with Crippen LogP contribution in [0.3, 0.4) is 0 Å². The maximum atomic E-state index is 2.47. The largest absolute Gasteiger partial charge is 0.309 e. The number of hydrogen-bond acceptors (Lipinski definition) is 0. The molecular formula is C58H38N2. The zero-order chi connectivity index (χ0) is 39.6. The Labute approximate surface area is 348 Å². The van der Waals surface area contributed by atoms with Crippen LogP contribution in [0, 0.1) is 0 Å². The van der Waals surface area contributed by atoms with Crippen LogP contribution < -0.4 is 0 Å². The molecule has 2 aromatic heterocycles. The van der Waals surface area contributed by atoms with E-state index in [-0.39, 0.29) is 0 Å². The van der Waals surface area contributed by atoms with Crippen LogP contribution in [0.4, 0.5) is 0 Å². The monoisotopic (exact) mass is 762 g/mol. The quantitative estimate of drug-likeness (QED) is 0.160. The van der Waals surface area contributed by atoms with Crippen LogP contribution in [0.1, 0.15) is 0 Å². The van der Waals surface area contributed by atoms with Crippen molar-refractivity contribution in [3.63, 3.8) is 0 Å². The Morgan fingerprint density at radius 2 is 0.617 bits per heavy atom. The zero-order valence-corrected chi connectivity index (χ0v) is 32.8. The molecule has 2 heterocycles. The third-order valence-corrected chi connectivity index (χ3v) is 12.3. The summed E-state index contributed by atoms with van der Waals surface area (Å²) in [6, 6.07) is 84.2. The first-order valence-corrected chi connectivity index (χ1v) is 20.7. The lowest BCUT2D eigenvalue weighted by Crippen LogP contribution is -1.95. The summed E-state index contributed by atoms with van der Waals surface area (Å²) in [5.74, 6) is 0. The van der Waals surface area contributed by atoms with Gasteiger partial charge in [0.2, 0.25) is 0 Å². The minimum absolute atomic E-state index is 1.14. The minimum Gasteiger partial charge on any atom is -0.309 e. The van der Waals surface area contributed by atoms with Gasteiger partial charge in [-0.25, -0.2) is 0 Å². The molecule has 0 aliphatic heterocycles. The number of hydrogen-bond donors (Lipinski definition) is 0. The molecule has 60 heavy (non-hydrogen) atoms. The Kier molecular flexibility index (Phi) is 7.89. The van der Waals surface area contributed by atoms with E-state index < -0.39 is 0 Å². The van der Waals surface area contributed by atoms with Crippen molar-refractivity contribution in [1.82, 2.24) is 9.13 Å². The Hall–Kier alpha value is -7.94. The van der Waals surface area contributed by atoms with Crippen molar-refractivity contribution in [2.45, 2.75) is 0 Å². The van der Waals surface area contributed by atoms with E-state index in [1.807, 2.05) is 0 Å². The summed E-state index contributed by atoms with van der Waals surface area (Å²) in [5.41, 5.74) is 16.7. The summed E-state index contributed by atoms with van der Waals surface area (Å²) in [5, 5.41) is 7.50. The van der Waals surface area contributed by atoms with Crippen LogP contribution in [0.5, 0.6) is 0 Å². The highest BCUT2D eigenvalue weighted by Crippen LogP contribution is 2.44. The van der Waals surface area contributed by atoms with E-state index in [9.17, 15) is 0 Å². The van der Waals surface area contributed by atoms with Crippen molar-refractivity contribution in [1.29, 1.82) is 0 Å². The lowest BCUT2D eigenvalue weighted by molar-refractivity contribution is 1.17. The third kappa shape index (κ3) is 5.57. The van der Waals surface area contributed by atoms with Crippen LogP contribution in [0.2, 0.25) is 0 Å². The number of rotatable bonds is 6. The van der Waals surface area contributed by atoms with Gasteiger partial charge in [-0.05, 0) is 116 Å². The molecule has 0 N–H and O–H groups in total. The van der Waals surface area contributed by atoms with Crippen molar-refractivity contribution in [2.75, 3.05) is 0 Å². The molecule has 12 aromatic rings. The number of benzene rings is 10. The molecule has 0 saturated heterocycles. The fourth-order valence-electron chi connectivity index (χ4n) is 9.40. The van der Waals surface area contributed by atoms with Crippen molar-refractivity contribution in [3.05, 3.63) is 231 Å². The summed E-state index contributed by atoms with van der Waals surface area (Å²) >= 11 is 0. The molecule has 0 aliphatic rings. The summed E-state index contributed by atoms with van der Waals surface area (Å²) in [7, 11) is 0. The first-order chi connectivity index (χ1) is 29.7. The van der Waals surface area contributed by atoms with E-state index in [4.69, 9.17) is 0 Å². The second-order valence-electron chi connectivity index (χ2n) is 15.7. The van der Waals surface area contributed by atoms with E-state index in [1.165, 1.54) is 98.9 Å². The lowest BCUT2D eigenvalue weighted by Gasteiger charge is -2.11. The average molecular weight is 763 g/mol. The third-order valence-electron chi connectivity index (χ3n) is 12.3. The fourth-order valence-corrected chi connectivity index (χ4v) is 9.40. The van der Waals surface area contributed by atoms with Crippen LogP contribution in [-0.4, -0.2) is 9.13 Å². The molecule has 0 bridgehead atoms. The van der Waals surface area contributed by atoms with Gasteiger partial charge in [0, 0.05) is 32.9 Å². The predicted molar refractivity (Wildman–Crippen MR) is 254 cm³/mol. The molecular weight excluding hydrogens is 725 g/mol. The molecule has 0 saturated carbocycles. The van der Waals surface area contributed by atoms with Crippen molar-refractivity contribution >= 4 is 54.4 Å². The van der Waals surface area contributed by atoms with E-state index >= 15 is 0 Å². The molecule has 12 rings (SSSR count). The van der Waals surface area contributed by atoms with E-state index in [0.717, 1.165) is 11.4 Å². The van der Waals surface area contributed by atoms with Gasteiger partial charge in [-0.15, -0.1) is 0 Å². The van der Waals surface area contributed by atoms with E-state index in [1.54, 1.807) is 0 Å². The molecule has 10 aromatic carbocycles. The van der Waals surface area contributed by atoms with Crippen molar-refractivity contribution in [2.24, 2.45) is 0 Å². The maximum Gasteiger partial charge on any atom is 0.0548 e. The molecule has 2 nitrogen and oxygen atoms in total. The summed E-state index contributed by atoms with van der Waals surface area (Å²) in [6.45, 7) is 0. The highest BCUT2D eigenvalue weighted by Gasteiger charge is 2.22. The van der Waals surface area contributed by atoms with Crippen LogP contribution in [0.25, 0.3) is 110 Å². The molecule has 0 atom stereocenters. The predicted octanol–water partition coefficient (Wildman–Crippen LogP) is 15.7. The number of nitrogens with zero attached hydrogens (tertiary/aromatic N) is 2. The lowest BCUT2D eigenvalue weighted by atomic mass is 9.99. The van der Waals surface area contributed by atoms with E-state index in [0.29, 0.717) is 0 Å². The summed E-state index contributed by atoms with van der Waals surface area (Å²) in [6.07, 6.45) is 0. The highest BCUT2D eigenvalue weighted by atomic mass is 15.0. The average Bonchev–Trinajstić information content (AvgIpc) is 3.84. The van der Waals surface area contributed by atoms with Crippen molar-refractivity contribution in [3.8, 4) is 55.9 Å². The van der Waals surface area contributed by atoms with Gasteiger partial charge >= 0.3 is 0 Å². The molecule has 0 unspecified atom stereocenters. The fraction of sp³-hybridized carbons (Fsp3) is 0. The van der Waals surface area contributed by atoms with Crippen LogP contribution in [-0.2, 0) is 0 Å². The van der Waals surface area contributed by atoms with Gasteiger partial charge in [0.05, 0.1) is 22.1 Å². The van der Waals surface area contributed by atoms with Crippen LogP contribution in [0.15, 0.2) is 231 Å². The summed E-state index contributed by atoms with van der Waals surface area (Å²) < 4.78 is 4.92.